The van der Waals surface area contributed by atoms with E-state index >= 15 is 0 Å². The predicted molar refractivity (Wildman–Crippen MR) is 51.2 cm³/mol. The first kappa shape index (κ1) is 10.0. The smallest absolute Gasteiger partial charge is 0.0647 e. The van der Waals surface area contributed by atoms with Gasteiger partial charge in [0.05, 0.1) is 5.60 Å². The van der Waals surface area contributed by atoms with Crippen LogP contribution in [0.3, 0.4) is 0 Å². The molecule has 1 rings (SSSR count). The molecule has 0 bridgehead atoms. The normalized spacial score (nSPS) is 20.5. The Morgan fingerprint density at radius 1 is 1.25 bits per heavy atom. The molecule has 72 valence electrons. The number of hydrogen-bond acceptors (Lipinski definition) is 2. The van der Waals surface area contributed by atoms with Gasteiger partial charge < -0.3 is 10.4 Å². The van der Waals surface area contributed by atoms with Gasteiger partial charge in [0.2, 0.25) is 0 Å². The van der Waals surface area contributed by atoms with E-state index in [1.807, 2.05) is 7.05 Å². The van der Waals surface area contributed by atoms with Gasteiger partial charge in [0, 0.05) is 0 Å². The molecular formula is C10H21NO. The molecule has 0 aromatic rings. The molecule has 0 unspecified atom stereocenters. The number of rotatable bonds is 6. The Hall–Kier alpha value is -0.0800. The van der Waals surface area contributed by atoms with Gasteiger partial charge in [-0.3, -0.25) is 0 Å². The molecule has 0 aromatic carbocycles. The Morgan fingerprint density at radius 2 is 2.00 bits per heavy atom. The summed E-state index contributed by atoms with van der Waals surface area (Å²) in [5.41, 5.74) is -0.250. The quantitative estimate of drug-likeness (QED) is 0.596. The summed E-state index contributed by atoms with van der Waals surface area (Å²) in [5.74, 6) is 0. The van der Waals surface area contributed by atoms with Crippen LogP contribution in [0.15, 0.2) is 0 Å². The largest absolute Gasteiger partial charge is 0.390 e. The molecule has 0 atom stereocenters. The van der Waals surface area contributed by atoms with E-state index in [1.54, 1.807) is 0 Å². The number of unbranched alkanes of at least 4 members (excludes halogenated alkanes) is 2. The van der Waals surface area contributed by atoms with Crippen LogP contribution in [0.2, 0.25) is 0 Å². The minimum atomic E-state index is -0.250. The van der Waals surface area contributed by atoms with Crippen LogP contribution in [0.1, 0.15) is 44.9 Å². The van der Waals surface area contributed by atoms with E-state index in [-0.39, 0.29) is 5.60 Å². The van der Waals surface area contributed by atoms with Gasteiger partial charge in [-0.15, -0.1) is 0 Å². The SMILES string of the molecule is CNCCCCCC1(O)CCC1. The van der Waals surface area contributed by atoms with Crippen LogP contribution in [-0.2, 0) is 0 Å². The zero-order valence-electron chi connectivity index (χ0n) is 8.10. The highest BCUT2D eigenvalue weighted by Gasteiger charge is 2.33. The summed E-state index contributed by atoms with van der Waals surface area (Å²) >= 11 is 0. The molecule has 1 fully saturated rings. The van der Waals surface area contributed by atoms with Crippen LogP contribution < -0.4 is 5.32 Å². The van der Waals surface area contributed by atoms with Gasteiger partial charge in [-0.25, -0.2) is 0 Å². The van der Waals surface area contributed by atoms with Crippen molar-refractivity contribution < 1.29 is 5.11 Å². The van der Waals surface area contributed by atoms with E-state index in [0.29, 0.717) is 0 Å². The third-order valence-corrected chi connectivity index (χ3v) is 2.85. The highest BCUT2D eigenvalue weighted by Crippen LogP contribution is 2.35. The summed E-state index contributed by atoms with van der Waals surface area (Å²) in [7, 11) is 1.99. The molecule has 0 heterocycles. The molecule has 0 aromatic heterocycles. The zero-order valence-corrected chi connectivity index (χ0v) is 8.10. The minimum Gasteiger partial charge on any atom is -0.390 e. The van der Waals surface area contributed by atoms with Gasteiger partial charge in [0.25, 0.3) is 0 Å². The molecule has 1 aliphatic carbocycles. The molecule has 2 N–H and O–H groups in total. The first-order chi connectivity index (χ1) is 5.77. The lowest BCUT2D eigenvalue weighted by Gasteiger charge is -2.36. The fourth-order valence-electron chi connectivity index (χ4n) is 1.77. The summed E-state index contributed by atoms with van der Waals surface area (Å²) in [6.45, 7) is 1.11. The second-order valence-corrected chi connectivity index (χ2v) is 3.99. The number of hydrogen-bond donors (Lipinski definition) is 2. The Bertz CT molecular complexity index is 121. The van der Waals surface area contributed by atoms with Gasteiger partial charge >= 0.3 is 0 Å². The first-order valence-corrected chi connectivity index (χ1v) is 5.14. The van der Waals surface area contributed by atoms with Crippen molar-refractivity contribution >= 4 is 0 Å². The van der Waals surface area contributed by atoms with Crippen molar-refractivity contribution in [1.82, 2.24) is 5.32 Å². The van der Waals surface area contributed by atoms with Crippen LogP contribution in [-0.4, -0.2) is 24.3 Å². The third kappa shape index (κ3) is 3.11. The lowest BCUT2D eigenvalue weighted by atomic mass is 9.77. The van der Waals surface area contributed by atoms with E-state index in [2.05, 4.69) is 5.32 Å². The van der Waals surface area contributed by atoms with Crippen LogP contribution in [0, 0.1) is 0 Å². The molecule has 2 heteroatoms. The minimum absolute atomic E-state index is 0.250. The van der Waals surface area contributed by atoms with E-state index in [0.717, 1.165) is 25.8 Å². The van der Waals surface area contributed by atoms with E-state index in [1.165, 1.54) is 25.7 Å². The Balaban J connectivity index is 1.88. The van der Waals surface area contributed by atoms with Crippen LogP contribution in [0.5, 0.6) is 0 Å². The van der Waals surface area contributed by atoms with Gasteiger partial charge in [-0.1, -0.05) is 12.8 Å². The lowest BCUT2D eigenvalue weighted by Crippen LogP contribution is -2.36. The molecule has 1 aliphatic rings. The molecule has 0 spiro atoms. The second kappa shape index (κ2) is 4.83. The fourth-order valence-corrected chi connectivity index (χ4v) is 1.77. The lowest BCUT2D eigenvalue weighted by molar-refractivity contribution is -0.0419. The molecule has 0 amide bonds. The van der Waals surface area contributed by atoms with Crippen LogP contribution >= 0.6 is 0 Å². The predicted octanol–water partition coefficient (Wildman–Crippen LogP) is 1.68. The molecule has 1 saturated carbocycles. The summed E-state index contributed by atoms with van der Waals surface area (Å²) in [5, 5.41) is 12.9. The van der Waals surface area contributed by atoms with Gasteiger partial charge in [0.1, 0.15) is 0 Å². The van der Waals surface area contributed by atoms with Gasteiger partial charge in [0.15, 0.2) is 0 Å². The molecule has 0 radical (unpaired) electrons. The summed E-state index contributed by atoms with van der Waals surface area (Å²) in [6, 6.07) is 0. The molecule has 0 aliphatic heterocycles. The summed E-state index contributed by atoms with van der Waals surface area (Å²) < 4.78 is 0. The Labute approximate surface area is 75.4 Å². The molecular weight excluding hydrogens is 150 g/mol. The second-order valence-electron chi connectivity index (χ2n) is 3.99. The van der Waals surface area contributed by atoms with Gasteiger partial charge in [-0.05, 0) is 45.7 Å². The summed E-state index contributed by atoms with van der Waals surface area (Å²) in [6.07, 6.45) is 8.02. The van der Waals surface area contributed by atoms with Crippen LogP contribution in [0.4, 0.5) is 0 Å². The van der Waals surface area contributed by atoms with Crippen molar-refractivity contribution in [2.24, 2.45) is 0 Å². The highest BCUT2D eigenvalue weighted by molar-refractivity contribution is 4.86. The number of nitrogens with one attached hydrogen (secondary N) is 1. The summed E-state index contributed by atoms with van der Waals surface area (Å²) in [4.78, 5) is 0. The Kier molecular flexibility index (Phi) is 4.02. The average molecular weight is 171 g/mol. The highest BCUT2D eigenvalue weighted by atomic mass is 16.3. The first-order valence-electron chi connectivity index (χ1n) is 5.14. The van der Waals surface area contributed by atoms with Crippen molar-refractivity contribution in [2.75, 3.05) is 13.6 Å². The average Bonchev–Trinajstić information content (AvgIpc) is 2.01. The Morgan fingerprint density at radius 3 is 2.50 bits per heavy atom. The standard InChI is InChI=1S/C10H21NO/c1-11-9-4-2-3-6-10(12)7-5-8-10/h11-12H,2-9H2,1H3. The van der Waals surface area contributed by atoms with E-state index in [4.69, 9.17) is 0 Å². The molecule has 2 nitrogen and oxygen atoms in total. The monoisotopic (exact) mass is 171 g/mol. The van der Waals surface area contributed by atoms with Crippen molar-refractivity contribution in [2.45, 2.75) is 50.5 Å². The van der Waals surface area contributed by atoms with Crippen molar-refractivity contribution in [3.8, 4) is 0 Å². The van der Waals surface area contributed by atoms with E-state index in [9.17, 15) is 5.11 Å². The topological polar surface area (TPSA) is 32.3 Å². The number of aliphatic hydroxyl groups is 1. The maximum Gasteiger partial charge on any atom is 0.0647 e. The molecule has 0 saturated heterocycles. The van der Waals surface area contributed by atoms with E-state index < -0.39 is 0 Å². The van der Waals surface area contributed by atoms with Crippen molar-refractivity contribution in [1.29, 1.82) is 0 Å². The maximum absolute atomic E-state index is 9.75. The van der Waals surface area contributed by atoms with Crippen molar-refractivity contribution in [3.63, 3.8) is 0 Å². The van der Waals surface area contributed by atoms with Crippen LogP contribution in [0.25, 0.3) is 0 Å². The van der Waals surface area contributed by atoms with Crippen molar-refractivity contribution in [3.05, 3.63) is 0 Å². The maximum atomic E-state index is 9.75. The molecule has 12 heavy (non-hydrogen) atoms. The zero-order chi connectivity index (χ0) is 8.86. The third-order valence-electron chi connectivity index (χ3n) is 2.85. The van der Waals surface area contributed by atoms with Gasteiger partial charge in [-0.2, -0.15) is 0 Å². The fraction of sp³-hybridized carbons (Fsp3) is 1.00.